The first-order chi connectivity index (χ1) is 10.1. The fraction of sp³-hybridized carbons (Fsp3) is 0.118. The summed E-state index contributed by atoms with van der Waals surface area (Å²) in [4.78, 5) is 4.31. The predicted molar refractivity (Wildman–Crippen MR) is 89.6 cm³/mol. The largest absolute Gasteiger partial charge is 0.397 e. The number of halogens is 1. The van der Waals surface area contributed by atoms with Crippen LogP contribution in [0.15, 0.2) is 54.7 Å². The lowest BCUT2D eigenvalue weighted by Gasteiger charge is -2.18. The van der Waals surface area contributed by atoms with Crippen LogP contribution >= 0.6 is 11.6 Å². The summed E-state index contributed by atoms with van der Waals surface area (Å²) in [5.74, 6) is 0. The number of benzene rings is 2. The lowest BCUT2D eigenvalue weighted by molar-refractivity contribution is 0.886. The lowest BCUT2D eigenvalue weighted by atomic mass is 10.1. The van der Waals surface area contributed by atoms with Crippen molar-refractivity contribution >= 4 is 33.9 Å². The number of fused-ring (bicyclic) bond motifs is 1. The zero-order chi connectivity index (χ0) is 14.8. The second kappa shape index (κ2) is 5.62. The summed E-state index contributed by atoms with van der Waals surface area (Å²) in [6.07, 6.45) is 1.77. The van der Waals surface area contributed by atoms with E-state index in [0.717, 1.165) is 32.9 Å². The van der Waals surface area contributed by atoms with Crippen LogP contribution < -0.4 is 11.1 Å². The highest BCUT2D eigenvalue weighted by atomic mass is 35.5. The van der Waals surface area contributed by atoms with E-state index in [1.807, 2.05) is 48.5 Å². The first-order valence-corrected chi connectivity index (χ1v) is 7.18. The lowest BCUT2D eigenvalue weighted by Crippen LogP contribution is -2.08. The van der Waals surface area contributed by atoms with E-state index in [1.54, 1.807) is 6.20 Å². The highest BCUT2D eigenvalue weighted by Gasteiger charge is 2.09. The first-order valence-electron chi connectivity index (χ1n) is 6.80. The maximum atomic E-state index is 6.25. The summed E-state index contributed by atoms with van der Waals surface area (Å²) in [6.45, 7) is 2.09. The number of anilines is 2. The predicted octanol–water partition coefficient (Wildman–Crippen LogP) is 4.64. The fourth-order valence-electron chi connectivity index (χ4n) is 2.37. The van der Waals surface area contributed by atoms with Crippen LogP contribution in [0.1, 0.15) is 18.5 Å². The summed E-state index contributed by atoms with van der Waals surface area (Å²) in [5, 5.41) is 5.14. The Bertz CT molecular complexity index is 769. The molecule has 0 spiro atoms. The summed E-state index contributed by atoms with van der Waals surface area (Å²) in [7, 11) is 0. The Kier molecular flexibility index (Phi) is 3.67. The van der Waals surface area contributed by atoms with Crippen molar-refractivity contribution in [1.29, 1.82) is 0 Å². The molecule has 0 fully saturated rings. The molecule has 0 saturated carbocycles. The van der Waals surface area contributed by atoms with Gasteiger partial charge < -0.3 is 11.1 Å². The van der Waals surface area contributed by atoms with Gasteiger partial charge in [-0.15, -0.1) is 0 Å². The van der Waals surface area contributed by atoms with Crippen molar-refractivity contribution < 1.29 is 0 Å². The Labute approximate surface area is 128 Å². The van der Waals surface area contributed by atoms with E-state index in [2.05, 4.69) is 17.2 Å². The molecule has 106 valence electrons. The van der Waals surface area contributed by atoms with Crippen LogP contribution in [0.25, 0.3) is 10.9 Å². The summed E-state index contributed by atoms with van der Waals surface area (Å²) in [6, 6.07) is 15.8. The van der Waals surface area contributed by atoms with Crippen molar-refractivity contribution in [2.75, 3.05) is 11.1 Å². The van der Waals surface area contributed by atoms with Crippen LogP contribution in [-0.2, 0) is 0 Å². The van der Waals surface area contributed by atoms with Gasteiger partial charge in [-0.05, 0) is 48.9 Å². The number of nitrogens with two attached hydrogens (primary N) is 1. The van der Waals surface area contributed by atoms with E-state index in [-0.39, 0.29) is 6.04 Å². The van der Waals surface area contributed by atoms with Crippen LogP contribution in [0.2, 0.25) is 5.02 Å². The third-order valence-corrected chi connectivity index (χ3v) is 3.82. The molecule has 1 heterocycles. The van der Waals surface area contributed by atoms with Gasteiger partial charge in [0.1, 0.15) is 0 Å². The zero-order valence-electron chi connectivity index (χ0n) is 11.7. The molecule has 1 unspecified atom stereocenters. The van der Waals surface area contributed by atoms with Gasteiger partial charge in [-0.1, -0.05) is 23.7 Å². The van der Waals surface area contributed by atoms with Gasteiger partial charge in [0.05, 0.1) is 16.9 Å². The van der Waals surface area contributed by atoms with Gasteiger partial charge in [-0.3, -0.25) is 4.98 Å². The molecular formula is C17H16ClN3. The number of hydrogen-bond acceptors (Lipinski definition) is 3. The van der Waals surface area contributed by atoms with Gasteiger partial charge in [0.2, 0.25) is 0 Å². The summed E-state index contributed by atoms with van der Waals surface area (Å²) in [5.41, 5.74) is 9.94. The van der Waals surface area contributed by atoms with E-state index in [1.165, 1.54) is 0 Å². The van der Waals surface area contributed by atoms with E-state index in [9.17, 15) is 0 Å². The molecule has 3 N–H and O–H groups in total. The molecule has 0 radical (unpaired) electrons. The van der Waals surface area contributed by atoms with Gasteiger partial charge in [-0.2, -0.15) is 0 Å². The minimum absolute atomic E-state index is 0.138. The van der Waals surface area contributed by atoms with Crippen LogP contribution in [0.3, 0.4) is 0 Å². The molecule has 0 aliphatic carbocycles. The highest BCUT2D eigenvalue weighted by Crippen LogP contribution is 2.30. The fourth-order valence-corrected chi connectivity index (χ4v) is 2.50. The molecule has 3 nitrogen and oxygen atoms in total. The molecule has 0 aliphatic rings. The number of nitrogens with one attached hydrogen (secondary N) is 1. The Balaban J connectivity index is 1.91. The van der Waals surface area contributed by atoms with Gasteiger partial charge in [-0.25, -0.2) is 0 Å². The molecule has 3 aromatic rings. The molecule has 4 heteroatoms. The smallest absolute Gasteiger partial charge is 0.0724 e. The number of aromatic nitrogens is 1. The SMILES string of the molecule is CC(Nc1ccc2ncccc2c1N)c1ccc(Cl)cc1. The Morgan fingerprint density at radius 3 is 2.62 bits per heavy atom. The number of hydrogen-bond donors (Lipinski definition) is 2. The second-order valence-corrected chi connectivity index (χ2v) is 5.45. The van der Waals surface area contributed by atoms with Crippen LogP contribution in [-0.4, -0.2) is 4.98 Å². The number of rotatable bonds is 3. The summed E-state index contributed by atoms with van der Waals surface area (Å²) >= 11 is 5.92. The maximum absolute atomic E-state index is 6.25. The van der Waals surface area contributed by atoms with Crippen molar-refractivity contribution in [3.63, 3.8) is 0 Å². The van der Waals surface area contributed by atoms with E-state index in [4.69, 9.17) is 17.3 Å². The quantitative estimate of drug-likeness (QED) is 0.692. The average Bonchev–Trinajstić information content (AvgIpc) is 2.51. The van der Waals surface area contributed by atoms with E-state index >= 15 is 0 Å². The Morgan fingerprint density at radius 2 is 1.86 bits per heavy atom. The molecule has 2 aromatic carbocycles. The highest BCUT2D eigenvalue weighted by molar-refractivity contribution is 6.30. The van der Waals surface area contributed by atoms with Crippen LogP contribution in [0.4, 0.5) is 11.4 Å². The molecule has 0 amide bonds. The average molecular weight is 298 g/mol. The number of nitrogens with zero attached hydrogens (tertiary/aromatic N) is 1. The van der Waals surface area contributed by atoms with Crippen LogP contribution in [0, 0.1) is 0 Å². The molecule has 3 rings (SSSR count). The monoisotopic (exact) mass is 297 g/mol. The molecular weight excluding hydrogens is 282 g/mol. The molecule has 0 bridgehead atoms. The maximum Gasteiger partial charge on any atom is 0.0724 e. The third kappa shape index (κ3) is 2.78. The third-order valence-electron chi connectivity index (χ3n) is 3.57. The zero-order valence-corrected chi connectivity index (χ0v) is 12.4. The molecule has 21 heavy (non-hydrogen) atoms. The second-order valence-electron chi connectivity index (χ2n) is 5.01. The van der Waals surface area contributed by atoms with Gasteiger partial charge >= 0.3 is 0 Å². The minimum atomic E-state index is 0.138. The Hall–Kier alpha value is -2.26. The van der Waals surface area contributed by atoms with Crippen molar-refractivity contribution in [2.24, 2.45) is 0 Å². The molecule has 0 aliphatic heterocycles. The van der Waals surface area contributed by atoms with E-state index in [0.29, 0.717) is 0 Å². The van der Waals surface area contributed by atoms with Crippen molar-refractivity contribution in [3.05, 3.63) is 65.3 Å². The molecule has 1 atom stereocenters. The normalized spacial score (nSPS) is 12.3. The van der Waals surface area contributed by atoms with Crippen LogP contribution in [0.5, 0.6) is 0 Å². The number of nitrogen functional groups attached to an aromatic ring is 1. The standard InChI is InChI=1S/C17H16ClN3/c1-11(12-4-6-13(18)7-5-12)21-16-9-8-15-14(17(16)19)3-2-10-20-15/h2-11,21H,19H2,1H3. The summed E-state index contributed by atoms with van der Waals surface area (Å²) < 4.78 is 0. The molecule has 1 aromatic heterocycles. The minimum Gasteiger partial charge on any atom is -0.397 e. The topological polar surface area (TPSA) is 50.9 Å². The van der Waals surface area contributed by atoms with E-state index < -0.39 is 0 Å². The van der Waals surface area contributed by atoms with Gasteiger partial charge in [0.15, 0.2) is 0 Å². The van der Waals surface area contributed by atoms with Crippen molar-refractivity contribution in [2.45, 2.75) is 13.0 Å². The first kappa shape index (κ1) is 13.7. The van der Waals surface area contributed by atoms with Crippen molar-refractivity contribution in [3.8, 4) is 0 Å². The Morgan fingerprint density at radius 1 is 1.10 bits per heavy atom. The number of pyridine rings is 1. The van der Waals surface area contributed by atoms with Gasteiger partial charge in [0, 0.05) is 22.6 Å². The molecule has 0 saturated heterocycles. The van der Waals surface area contributed by atoms with Crippen molar-refractivity contribution in [1.82, 2.24) is 4.98 Å². The van der Waals surface area contributed by atoms with Gasteiger partial charge in [0.25, 0.3) is 0 Å².